The van der Waals surface area contributed by atoms with Crippen LogP contribution in [0.3, 0.4) is 0 Å². The Labute approximate surface area is 188 Å². The number of fused-ring (bicyclic) bond motifs is 1. The Morgan fingerprint density at radius 1 is 1.27 bits per heavy atom. The lowest BCUT2D eigenvalue weighted by Crippen LogP contribution is -2.43. The highest BCUT2D eigenvalue weighted by atomic mass is 32.2. The third-order valence-corrected chi connectivity index (χ3v) is 7.58. The van der Waals surface area contributed by atoms with Crippen molar-refractivity contribution in [2.45, 2.75) is 56.3 Å². The van der Waals surface area contributed by atoms with Crippen LogP contribution in [0.25, 0.3) is 22.6 Å². The first kappa shape index (κ1) is 23.1. The molecule has 0 amide bonds. The Balaban J connectivity index is 1.80. The van der Waals surface area contributed by atoms with Gasteiger partial charge in [-0.3, -0.25) is 0 Å². The van der Waals surface area contributed by atoms with Crippen molar-refractivity contribution in [3.63, 3.8) is 0 Å². The van der Waals surface area contributed by atoms with E-state index in [1.807, 2.05) is 4.57 Å². The van der Waals surface area contributed by atoms with Crippen molar-refractivity contribution in [3.05, 3.63) is 36.3 Å². The molecular weight excluding hydrogens is 457 g/mol. The molecule has 3 atom stereocenters. The van der Waals surface area contributed by atoms with Gasteiger partial charge in [-0.25, -0.2) is 23.4 Å². The average Bonchev–Trinajstić information content (AvgIpc) is 3.06. The number of nitriles is 1. The molecule has 1 aliphatic carbocycles. The number of nitrogens with zero attached hydrogens (tertiary/aromatic N) is 5. The fourth-order valence-corrected chi connectivity index (χ4v) is 5.22. The Morgan fingerprint density at radius 3 is 2.52 bits per heavy atom. The summed E-state index contributed by atoms with van der Waals surface area (Å²) in [6.07, 6.45) is 1.67. The number of hydrogen-bond acceptors (Lipinski definition) is 6. The third-order valence-electron chi connectivity index (χ3n) is 6.08. The van der Waals surface area contributed by atoms with Crippen LogP contribution in [0.1, 0.15) is 44.7 Å². The molecule has 12 heteroatoms. The fraction of sp³-hybridized carbons (Fsp3) is 0.429. The number of halogens is 3. The minimum absolute atomic E-state index is 0.0887. The summed E-state index contributed by atoms with van der Waals surface area (Å²) in [6.45, 7) is 2.80. The second-order valence-electron chi connectivity index (χ2n) is 8.02. The van der Waals surface area contributed by atoms with Crippen LogP contribution in [-0.4, -0.2) is 40.2 Å². The number of sulfonamides is 1. The van der Waals surface area contributed by atoms with Crippen molar-refractivity contribution >= 4 is 21.1 Å². The highest BCUT2D eigenvalue weighted by Gasteiger charge is 2.39. The molecule has 1 aliphatic rings. The van der Waals surface area contributed by atoms with Gasteiger partial charge in [0, 0.05) is 17.6 Å². The van der Waals surface area contributed by atoms with Crippen molar-refractivity contribution in [2.24, 2.45) is 5.92 Å². The van der Waals surface area contributed by atoms with Gasteiger partial charge in [-0.05, 0) is 37.8 Å². The Bertz CT molecular complexity index is 1330. The molecule has 174 valence electrons. The molecule has 3 aromatic heterocycles. The smallest absolute Gasteiger partial charge is 0.318 e. The van der Waals surface area contributed by atoms with Crippen LogP contribution < -0.4 is 4.72 Å². The van der Waals surface area contributed by atoms with E-state index < -0.39 is 27.1 Å². The van der Waals surface area contributed by atoms with Crippen LogP contribution >= 0.6 is 0 Å². The lowest BCUT2D eigenvalue weighted by molar-refractivity contribution is -0.147. The van der Waals surface area contributed by atoms with Crippen LogP contribution in [0.2, 0.25) is 0 Å². The number of pyridine rings is 1. The van der Waals surface area contributed by atoms with Crippen LogP contribution in [0, 0.1) is 17.2 Å². The van der Waals surface area contributed by atoms with E-state index in [9.17, 15) is 26.9 Å². The lowest BCUT2D eigenvalue weighted by Gasteiger charge is -2.38. The maximum atomic E-state index is 12.8. The summed E-state index contributed by atoms with van der Waals surface area (Å²) in [4.78, 5) is 12.2. The largest absolute Gasteiger partial charge is 0.404 e. The summed E-state index contributed by atoms with van der Waals surface area (Å²) >= 11 is 0. The highest BCUT2D eigenvalue weighted by Crippen LogP contribution is 2.46. The minimum atomic E-state index is -4.73. The van der Waals surface area contributed by atoms with Gasteiger partial charge in [0.25, 0.3) is 0 Å². The first-order chi connectivity index (χ1) is 15.6. The van der Waals surface area contributed by atoms with Crippen LogP contribution in [0.4, 0.5) is 13.2 Å². The SMILES string of the molecule is CCC1CCC1n1c(-c2ncc(S(=O)(=O)N[C@H](C)C(F)(F)F)cn2)c(C#N)c2cccnc21. The highest BCUT2D eigenvalue weighted by molar-refractivity contribution is 7.89. The molecule has 2 unspecified atom stereocenters. The normalized spacial score (nSPS) is 19.8. The molecule has 0 bridgehead atoms. The molecular formula is C21H21F3N6O2S. The van der Waals surface area contributed by atoms with E-state index in [0.717, 1.165) is 31.7 Å². The monoisotopic (exact) mass is 478 g/mol. The predicted molar refractivity (Wildman–Crippen MR) is 113 cm³/mol. The Morgan fingerprint density at radius 2 is 1.97 bits per heavy atom. The van der Waals surface area contributed by atoms with E-state index in [0.29, 0.717) is 35.1 Å². The molecule has 1 saturated carbocycles. The molecule has 0 aliphatic heterocycles. The van der Waals surface area contributed by atoms with Crippen LogP contribution in [0.5, 0.6) is 0 Å². The van der Waals surface area contributed by atoms with Crippen LogP contribution in [0.15, 0.2) is 35.6 Å². The second kappa shape index (κ2) is 8.39. The van der Waals surface area contributed by atoms with Gasteiger partial charge in [0.1, 0.15) is 28.3 Å². The van der Waals surface area contributed by atoms with Crippen molar-refractivity contribution in [2.75, 3.05) is 0 Å². The standard InChI is InChI=1S/C21H21F3N6O2S/c1-3-13-6-7-17(13)30-18(16(9-25)15-5-4-8-26-20(15)30)19-27-10-14(11-28-19)33(31,32)29-12(2)21(22,23)24/h4-5,8,10-13,17,29H,3,6-7H2,1-2H3/t12-,13?,17?/m1/s1. The van der Waals surface area contributed by atoms with Gasteiger partial charge in [0.05, 0.1) is 18.0 Å². The van der Waals surface area contributed by atoms with Gasteiger partial charge in [-0.2, -0.15) is 23.2 Å². The topological polar surface area (TPSA) is 114 Å². The molecule has 33 heavy (non-hydrogen) atoms. The number of aromatic nitrogens is 4. The van der Waals surface area contributed by atoms with E-state index in [1.54, 1.807) is 23.1 Å². The molecule has 4 rings (SSSR count). The number of alkyl halides is 3. The Hall–Kier alpha value is -3.04. The van der Waals surface area contributed by atoms with E-state index in [-0.39, 0.29) is 11.9 Å². The molecule has 0 aromatic carbocycles. The number of hydrogen-bond donors (Lipinski definition) is 1. The summed E-state index contributed by atoms with van der Waals surface area (Å²) < 4.78 is 66.6. The van der Waals surface area contributed by atoms with Gasteiger partial charge in [0.2, 0.25) is 10.0 Å². The molecule has 0 radical (unpaired) electrons. The third kappa shape index (κ3) is 4.06. The quantitative estimate of drug-likeness (QED) is 0.574. The zero-order valence-corrected chi connectivity index (χ0v) is 18.7. The summed E-state index contributed by atoms with van der Waals surface area (Å²) in [6, 6.07) is 3.50. The van der Waals surface area contributed by atoms with Gasteiger partial charge in [-0.1, -0.05) is 13.3 Å². The fourth-order valence-electron chi connectivity index (χ4n) is 4.11. The average molecular weight is 479 g/mol. The van der Waals surface area contributed by atoms with E-state index in [4.69, 9.17) is 0 Å². The molecule has 3 aromatic rings. The first-order valence-electron chi connectivity index (χ1n) is 10.4. The molecule has 1 N–H and O–H groups in total. The molecule has 0 spiro atoms. The summed E-state index contributed by atoms with van der Waals surface area (Å²) in [7, 11) is -4.49. The molecule has 0 saturated heterocycles. The van der Waals surface area contributed by atoms with Crippen molar-refractivity contribution in [1.82, 2.24) is 24.2 Å². The second-order valence-corrected chi connectivity index (χ2v) is 9.73. The zero-order valence-electron chi connectivity index (χ0n) is 17.8. The predicted octanol–water partition coefficient (Wildman–Crippen LogP) is 3.96. The molecule has 1 fully saturated rings. The summed E-state index contributed by atoms with van der Waals surface area (Å²) in [5, 5.41) is 10.5. The number of rotatable bonds is 6. The minimum Gasteiger partial charge on any atom is -0.318 e. The van der Waals surface area contributed by atoms with Gasteiger partial charge in [0.15, 0.2) is 5.82 Å². The van der Waals surface area contributed by atoms with Crippen molar-refractivity contribution in [1.29, 1.82) is 5.26 Å². The molecule has 8 nitrogen and oxygen atoms in total. The van der Waals surface area contributed by atoms with E-state index >= 15 is 0 Å². The summed E-state index contributed by atoms with van der Waals surface area (Å²) in [5.41, 5.74) is 1.36. The van der Waals surface area contributed by atoms with E-state index in [2.05, 4.69) is 27.9 Å². The Kier molecular flexibility index (Phi) is 5.88. The number of nitrogens with one attached hydrogen (secondary N) is 1. The van der Waals surface area contributed by atoms with Gasteiger partial charge in [-0.15, -0.1) is 0 Å². The lowest BCUT2D eigenvalue weighted by atomic mass is 9.77. The van der Waals surface area contributed by atoms with Gasteiger partial charge < -0.3 is 4.57 Å². The van der Waals surface area contributed by atoms with Crippen molar-refractivity contribution < 1.29 is 21.6 Å². The van der Waals surface area contributed by atoms with Gasteiger partial charge >= 0.3 is 6.18 Å². The van der Waals surface area contributed by atoms with Crippen LogP contribution in [-0.2, 0) is 10.0 Å². The first-order valence-corrected chi connectivity index (χ1v) is 11.9. The summed E-state index contributed by atoms with van der Waals surface area (Å²) in [5.74, 6) is 0.495. The maximum Gasteiger partial charge on any atom is 0.404 e. The zero-order chi connectivity index (χ0) is 24.0. The maximum absolute atomic E-state index is 12.8. The van der Waals surface area contributed by atoms with Crippen molar-refractivity contribution in [3.8, 4) is 17.6 Å². The van der Waals surface area contributed by atoms with E-state index in [1.165, 1.54) is 0 Å². The molecule has 3 heterocycles.